The zero-order chi connectivity index (χ0) is 11.5. The normalized spacial score (nSPS) is 12.4. The maximum Gasteiger partial charge on any atom is 0.284 e. The van der Waals surface area contributed by atoms with Gasteiger partial charge in [0.25, 0.3) is 10.7 Å². The summed E-state index contributed by atoms with van der Waals surface area (Å²) in [5, 5.41) is 6.47. The van der Waals surface area contributed by atoms with Crippen molar-refractivity contribution >= 4 is 12.2 Å². The summed E-state index contributed by atoms with van der Waals surface area (Å²) in [7, 11) is 0. The number of hydrogen-bond acceptors (Lipinski definition) is 4. The van der Waals surface area contributed by atoms with Gasteiger partial charge in [-0.25, -0.2) is 5.10 Å². The summed E-state index contributed by atoms with van der Waals surface area (Å²) in [5.74, 6) is 1.23. The first-order chi connectivity index (χ1) is 7.65. The fourth-order valence-corrected chi connectivity index (χ4v) is 1.42. The number of rotatable bonds is 3. The maximum atomic E-state index is 5.65. The third-order valence-electron chi connectivity index (χ3n) is 2.14. The SMILES string of the molecule is Cc1ccc(OC(C)c2n[nH]c(=S)o2)cc1. The Morgan fingerprint density at radius 2 is 2.06 bits per heavy atom. The summed E-state index contributed by atoms with van der Waals surface area (Å²) in [5.41, 5.74) is 1.19. The molecular weight excluding hydrogens is 224 g/mol. The van der Waals surface area contributed by atoms with E-state index in [1.807, 2.05) is 38.1 Å². The van der Waals surface area contributed by atoms with E-state index in [0.717, 1.165) is 5.75 Å². The van der Waals surface area contributed by atoms with Crippen LogP contribution in [0.1, 0.15) is 24.5 Å². The zero-order valence-electron chi connectivity index (χ0n) is 9.06. The third-order valence-corrected chi connectivity index (χ3v) is 2.31. The van der Waals surface area contributed by atoms with E-state index in [1.54, 1.807) is 0 Å². The first-order valence-electron chi connectivity index (χ1n) is 4.94. The van der Waals surface area contributed by atoms with Crippen molar-refractivity contribution < 1.29 is 9.15 Å². The van der Waals surface area contributed by atoms with Crippen LogP contribution in [0.5, 0.6) is 5.75 Å². The second kappa shape index (κ2) is 4.49. The number of nitrogens with zero attached hydrogens (tertiary/aromatic N) is 1. The number of nitrogens with one attached hydrogen (secondary N) is 1. The Morgan fingerprint density at radius 1 is 1.38 bits per heavy atom. The van der Waals surface area contributed by atoms with Crippen LogP contribution < -0.4 is 4.74 Å². The molecule has 0 saturated carbocycles. The quantitative estimate of drug-likeness (QED) is 0.831. The summed E-state index contributed by atoms with van der Waals surface area (Å²) >= 11 is 4.79. The van der Waals surface area contributed by atoms with Crippen LogP contribution in [0.15, 0.2) is 28.7 Å². The molecule has 1 aromatic carbocycles. The number of aryl methyl sites for hydroxylation is 1. The smallest absolute Gasteiger partial charge is 0.284 e. The van der Waals surface area contributed by atoms with Gasteiger partial charge in [0.15, 0.2) is 6.10 Å². The molecule has 84 valence electrons. The van der Waals surface area contributed by atoms with Gasteiger partial charge in [-0.1, -0.05) is 17.7 Å². The molecule has 0 aliphatic carbocycles. The van der Waals surface area contributed by atoms with E-state index in [4.69, 9.17) is 21.4 Å². The molecule has 0 spiro atoms. The highest BCUT2D eigenvalue weighted by Gasteiger charge is 2.12. The van der Waals surface area contributed by atoms with Crippen molar-refractivity contribution in [1.29, 1.82) is 0 Å². The summed E-state index contributed by atoms with van der Waals surface area (Å²) < 4.78 is 10.8. The van der Waals surface area contributed by atoms with Gasteiger partial charge < -0.3 is 9.15 Å². The molecule has 1 N–H and O–H groups in total. The molecule has 1 heterocycles. The number of benzene rings is 1. The molecule has 2 aromatic rings. The van der Waals surface area contributed by atoms with Crippen LogP contribution in [-0.4, -0.2) is 10.2 Å². The molecule has 0 aliphatic heterocycles. The number of H-pyrrole nitrogens is 1. The summed E-state index contributed by atoms with van der Waals surface area (Å²) in [4.78, 5) is 0.259. The first-order valence-corrected chi connectivity index (χ1v) is 5.35. The van der Waals surface area contributed by atoms with Gasteiger partial charge in [0, 0.05) is 0 Å². The highest BCUT2D eigenvalue weighted by Crippen LogP contribution is 2.20. The Labute approximate surface area is 98.3 Å². The second-order valence-electron chi connectivity index (χ2n) is 3.52. The molecule has 1 aromatic heterocycles. The lowest BCUT2D eigenvalue weighted by Gasteiger charge is -2.10. The molecule has 0 saturated heterocycles. The molecule has 0 amide bonds. The first kappa shape index (κ1) is 10.9. The summed E-state index contributed by atoms with van der Waals surface area (Å²) in [6.07, 6.45) is -0.268. The van der Waals surface area contributed by atoms with Gasteiger partial charge in [0.1, 0.15) is 5.75 Å². The van der Waals surface area contributed by atoms with E-state index in [1.165, 1.54) is 5.56 Å². The molecule has 1 unspecified atom stereocenters. The predicted octanol–water partition coefficient (Wildman–Crippen LogP) is 3.18. The van der Waals surface area contributed by atoms with Gasteiger partial charge in [0.2, 0.25) is 0 Å². The molecule has 0 radical (unpaired) electrons. The highest BCUT2D eigenvalue weighted by atomic mass is 32.1. The summed E-state index contributed by atoms with van der Waals surface area (Å²) in [6.45, 7) is 3.88. The van der Waals surface area contributed by atoms with Gasteiger partial charge in [-0.05, 0) is 38.2 Å². The van der Waals surface area contributed by atoms with E-state index >= 15 is 0 Å². The van der Waals surface area contributed by atoms with E-state index in [0.29, 0.717) is 5.89 Å². The second-order valence-corrected chi connectivity index (χ2v) is 3.90. The molecule has 0 fully saturated rings. The topological polar surface area (TPSA) is 51.0 Å². The van der Waals surface area contributed by atoms with Crippen molar-refractivity contribution in [3.63, 3.8) is 0 Å². The Hall–Kier alpha value is -1.62. The number of ether oxygens (including phenoxy) is 1. The third kappa shape index (κ3) is 2.49. The minimum Gasteiger partial charge on any atom is -0.481 e. The van der Waals surface area contributed by atoms with Crippen LogP contribution in [0.4, 0.5) is 0 Å². The molecule has 2 rings (SSSR count). The average Bonchev–Trinajstić information content (AvgIpc) is 2.68. The van der Waals surface area contributed by atoms with Gasteiger partial charge >= 0.3 is 0 Å². The van der Waals surface area contributed by atoms with Crippen molar-refractivity contribution in [2.24, 2.45) is 0 Å². The Morgan fingerprint density at radius 3 is 2.62 bits per heavy atom. The zero-order valence-corrected chi connectivity index (χ0v) is 9.88. The van der Waals surface area contributed by atoms with Crippen LogP contribution >= 0.6 is 12.2 Å². The molecule has 1 atom stereocenters. The van der Waals surface area contributed by atoms with Crippen molar-refractivity contribution in [2.45, 2.75) is 20.0 Å². The molecule has 5 heteroatoms. The van der Waals surface area contributed by atoms with Gasteiger partial charge in [-0.3, -0.25) is 0 Å². The minimum atomic E-state index is -0.268. The van der Waals surface area contributed by atoms with Crippen LogP contribution in [0, 0.1) is 11.8 Å². The molecular formula is C11H12N2O2S. The molecule has 0 aliphatic rings. The lowest BCUT2D eigenvalue weighted by Crippen LogP contribution is -2.03. The molecule has 16 heavy (non-hydrogen) atoms. The van der Waals surface area contributed by atoms with Gasteiger partial charge in [-0.2, -0.15) is 0 Å². The number of aromatic nitrogens is 2. The standard InChI is InChI=1S/C11H12N2O2S/c1-7-3-5-9(6-4-7)14-8(2)10-12-13-11(16)15-10/h3-6,8H,1-2H3,(H,13,16). The minimum absolute atomic E-state index is 0.259. The average molecular weight is 236 g/mol. The lowest BCUT2D eigenvalue weighted by atomic mass is 10.2. The summed E-state index contributed by atoms with van der Waals surface area (Å²) in [6, 6.07) is 7.80. The van der Waals surface area contributed by atoms with Crippen LogP contribution in [0.2, 0.25) is 0 Å². The monoisotopic (exact) mass is 236 g/mol. The fourth-order valence-electron chi connectivity index (χ4n) is 1.29. The molecule has 4 nitrogen and oxygen atoms in total. The lowest BCUT2D eigenvalue weighted by molar-refractivity contribution is 0.187. The Bertz CT molecular complexity index is 515. The van der Waals surface area contributed by atoms with Crippen LogP contribution in [-0.2, 0) is 0 Å². The largest absolute Gasteiger partial charge is 0.481 e. The highest BCUT2D eigenvalue weighted by molar-refractivity contribution is 7.71. The van der Waals surface area contributed by atoms with Crippen molar-refractivity contribution in [3.8, 4) is 5.75 Å². The van der Waals surface area contributed by atoms with Crippen LogP contribution in [0.3, 0.4) is 0 Å². The predicted molar refractivity (Wildman–Crippen MR) is 61.9 cm³/mol. The van der Waals surface area contributed by atoms with Gasteiger partial charge in [0.05, 0.1) is 0 Å². The van der Waals surface area contributed by atoms with Crippen LogP contribution in [0.25, 0.3) is 0 Å². The maximum absolute atomic E-state index is 5.65. The van der Waals surface area contributed by atoms with E-state index in [2.05, 4.69) is 10.2 Å². The van der Waals surface area contributed by atoms with E-state index < -0.39 is 0 Å². The Balaban J connectivity index is 2.10. The van der Waals surface area contributed by atoms with Crippen molar-refractivity contribution in [2.75, 3.05) is 0 Å². The fraction of sp³-hybridized carbons (Fsp3) is 0.273. The number of hydrogen-bond donors (Lipinski definition) is 1. The van der Waals surface area contributed by atoms with Crippen molar-refractivity contribution in [3.05, 3.63) is 40.6 Å². The number of aromatic amines is 1. The Kier molecular flexibility index (Phi) is 3.05. The van der Waals surface area contributed by atoms with E-state index in [-0.39, 0.29) is 10.9 Å². The van der Waals surface area contributed by atoms with E-state index in [9.17, 15) is 0 Å². The molecule has 0 bridgehead atoms. The van der Waals surface area contributed by atoms with Gasteiger partial charge in [-0.15, -0.1) is 5.10 Å². The van der Waals surface area contributed by atoms with Crippen molar-refractivity contribution in [1.82, 2.24) is 10.2 Å².